The first-order valence-electron chi connectivity index (χ1n) is 12.5. The molecule has 31 heavy (non-hydrogen) atoms. The van der Waals surface area contributed by atoms with Gasteiger partial charge in [0.15, 0.2) is 0 Å². The van der Waals surface area contributed by atoms with E-state index < -0.39 is 6.23 Å². The average molecular weight is 452 g/mol. The Labute approximate surface area is 191 Å². The van der Waals surface area contributed by atoms with Crippen LogP contribution < -0.4 is 10.6 Å². The van der Waals surface area contributed by atoms with Gasteiger partial charge in [0, 0.05) is 36.3 Å². The van der Waals surface area contributed by atoms with E-state index in [1.807, 2.05) is 0 Å². The van der Waals surface area contributed by atoms with E-state index >= 15 is 0 Å². The lowest BCUT2D eigenvalue weighted by atomic mass is 9.80. The topological polar surface area (TPSA) is 83.4 Å². The monoisotopic (exact) mass is 451 g/mol. The lowest BCUT2D eigenvalue weighted by Gasteiger charge is -2.38. The van der Waals surface area contributed by atoms with E-state index in [9.17, 15) is 10.2 Å². The minimum Gasteiger partial charge on any atom is -0.392 e. The molecule has 4 fully saturated rings. The molecule has 0 radical (unpaired) electrons. The summed E-state index contributed by atoms with van der Waals surface area (Å²) in [6.45, 7) is 2.16. The second kappa shape index (κ2) is 9.47. The van der Waals surface area contributed by atoms with Crippen LogP contribution in [0.15, 0.2) is 4.99 Å². The van der Waals surface area contributed by atoms with Crippen LogP contribution in [0.1, 0.15) is 51.4 Å². The number of aliphatic hydroxyl groups excluding tert-OH is 2. The first-order chi connectivity index (χ1) is 15.0. The zero-order valence-corrected chi connectivity index (χ0v) is 19.9. The van der Waals surface area contributed by atoms with Gasteiger partial charge in [0.05, 0.1) is 18.1 Å². The highest BCUT2D eigenvalue weighted by Crippen LogP contribution is 2.55. The Balaban J connectivity index is 1.23. The summed E-state index contributed by atoms with van der Waals surface area (Å²) < 4.78 is 0. The molecule has 7 nitrogen and oxygen atoms in total. The molecule has 7 atom stereocenters. The molecule has 3 aliphatic heterocycles. The van der Waals surface area contributed by atoms with Crippen molar-refractivity contribution in [3.63, 3.8) is 0 Å². The third-order valence-corrected chi connectivity index (χ3v) is 10.3. The van der Waals surface area contributed by atoms with Crippen molar-refractivity contribution in [2.75, 3.05) is 33.9 Å². The quantitative estimate of drug-likeness (QED) is 0.501. The Kier molecular flexibility index (Phi) is 6.85. The molecule has 8 heteroatoms. The van der Waals surface area contributed by atoms with Crippen LogP contribution in [0.3, 0.4) is 0 Å². The first-order valence-corrected chi connectivity index (χ1v) is 13.4. The molecular weight excluding hydrogens is 410 g/mol. The van der Waals surface area contributed by atoms with E-state index in [0.29, 0.717) is 41.0 Å². The van der Waals surface area contributed by atoms with Gasteiger partial charge in [-0.3, -0.25) is 15.2 Å². The Morgan fingerprint density at radius 3 is 2.71 bits per heavy atom. The van der Waals surface area contributed by atoms with Crippen molar-refractivity contribution < 1.29 is 10.2 Å². The Morgan fingerprint density at radius 2 is 2.00 bits per heavy atom. The largest absolute Gasteiger partial charge is 0.392 e. The first kappa shape index (κ1) is 22.4. The average Bonchev–Trinajstić information content (AvgIpc) is 3.45. The fourth-order valence-corrected chi connectivity index (χ4v) is 8.75. The van der Waals surface area contributed by atoms with Crippen molar-refractivity contribution in [1.29, 1.82) is 0 Å². The van der Waals surface area contributed by atoms with Crippen LogP contribution in [0, 0.1) is 17.8 Å². The summed E-state index contributed by atoms with van der Waals surface area (Å²) in [6.07, 6.45) is 8.38. The number of likely N-dealkylation sites (tertiary alicyclic amines) is 1. The van der Waals surface area contributed by atoms with E-state index in [-0.39, 0.29) is 6.10 Å². The number of aliphatic hydroxyl groups is 2. The van der Waals surface area contributed by atoms with Crippen LogP contribution in [-0.2, 0) is 0 Å². The molecular formula is C23H41N5O2S. The molecule has 2 saturated carbocycles. The zero-order valence-electron chi connectivity index (χ0n) is 19.1. The minimum atomic E-state index is -0.420. The van der Waals surface area contributed by atoms with Crippen LogP contribution in [0.4, 0.5) is 0 Å². The van der Waals surface area contributed by atoms with Gasteiger partial charge in [-0.25, -0.2) is 0 Å². The molecule has 5 rings (SSSR count). The molecule has 4 N–H and O–H groups in total. The van der Waals surface area contributed by atoms with E-state index in [2.05, 4.69) is 46.3 Å². The fourth-order valence-electron chi connectivity index (χ4n) is 6.87. The molecule has 0 amide bonds. The van der Waals surface area contributed by atoms with Crippen molar-refractivity contribution in [3.05, 3.63) is 0 Å². The molecule has 5 aliphatic rings. The lowest BCUT2D eigenvalue weighted by molar-refractivity contribution is -0.0109. The van der Waals surface area contributed by atoms with E-state index in [0.717, 1.165) is 32.1 Å². The summed E-state index contributed by atoms with van der Waals surface area (Å²) in [5.41, 5.74) is 0. The standard InChI is InChI=1S/C23H41N5O2S/c1-27(2)16-6-4-15(5-7-16)26-22-21-20-14(11-19(30)28-10-9-17(29)12-28)3-8-18(20)31-23(21)25-13-24-22/h14-21,23,25,29-30H,3-13H2,1-2H3,(H,24,26)/t14?,15?,16?,17-,18?,19?,20+,21?,23?/m0/s1. The molecule has 0 aromatic heterocycles. The summed E-state index contributed by atoms with van der Waals surface area (Å²) in [4.78, 5) is 9.40. The summed E-state index contributed by atoms with van der Waals surface area (Å²) in [5.74, 6) is 2.82. The molecule has 176 valence electrons. The molecule has 2 aliphatic carbocycles. The number of β-amino-alcohol motifs (C(OH)–C–C–N with tert-alkyl or cyclic N) is 1. The van der Waals surface area contributed by atoms with Crippen molar-refractivity contribution in [3.8, 4) is 0 Å². The molecule has 5 unspecified atom stereocenters. The number of fused-ring (bicyclic) bond motifs is 3. The number of nitrogens with one attached hydrogen (secondary N) is 2. The van der Waals surface area contributed by atoms with E-state index in [4.69, 9.17) is 4.99 Å². The third kappa shape index (κ3) is 4.66. The van der Waals surface area contributed by atoms with Crippen LogP contribution in [0.25, 0.3) is 0 Å². The number of amidine groups is 1. The van der Waals surface area contributed by atoms with Gasteiger partial charge in [-0.05, 0) is 77.3 Å². The molecule has 2 saturated heterocycles. The number of hydrogen-bond donors (Lipinski definition) is 4. The second-order valence-corrected chi connectivity index (χ2v) is 12.1. The van der Waals surface area contributed by atoms with Crippen molar-refractivity contribution in [2.24, 2.45) is 22.7 Å². The minimum absolute atomic E-state index is 0.273. The van der Waals surface area contributed by atoms with Crippen molar-refractivity contribution in [2.45, 2.75) is 86.4 Å². The predicted molar refractivity (Wildman–Crippen MR) is 126 cm³/mol. The van der Waals surface area contributed by atoms with Gasteiger partial charge in [0.25, 0.3) is 0 Å². The van der Waals surface area contributed by atoms with Gasteiger partial charge in [0.2, 0.25) is 0 Å². The molecule has 0 aromatic carbocycles. The van der Waals surface area contributed by atoms with Gasteiger partial charge in [-0.15, -0.1) is 11.8 Å². The normalized spacial score (nSPS) is 44.2. The van der Waals surface area contributed by atoms with Crippen molar-refractivity contribution >= 4 is 17.6 Å². The third-order valence-electron chi connectivity index (χ3n) is 8.62. The van der Waals surface area contributed by atoms with Crippen LogP contribution in [0.5, 0.6) is 0 Å². The number of aliphatic imine (C=N–C) groups is 1. The number of rotatable bonds is 5. The number of hydrogen-bond acceptors (Lipinski definition) is 8. The summed E-state index contributed by atoms with van der Waals surface area (Å²) in [5, 5.41) is 29.4. The highest BCUT2D eigenvalue weighted by Gasteiger charge is 2.54. The van der Waals surface area contributed by atoms with Gasteiger partial charge >= 0.3 is 0 Å². The summed E-state index contributed by atoms with van der Waals surface area (Å²) >= 11 is 2.12. The van der Waals surface area contributed by atoms with Crippen molar-refractivity contribution in [1.82, 2.24) is 20.4 Å². The predicted octanol–water partition coefficient (Wildman–Crippen LogP) is 1.27. The van der Waals surface area contributed by atoms with E-state index in [1.54, 1.807) is 0 Å². The lowest BCUT2D eigenvalue weighted by Crippen LogP contribution is -2.52. The number of thioether (sulfide) groups is 1. The van der Waals surface area contributed by atoms with Crippen LogP contribution >= 0.6 is 11.8 Å². The maximum Gasteiger partial charge on any atom is 0.107 e. The second-order valence-electron chi connectivity index (χ2n) is 10.7. The Morgan fingerprint density at radius 1 is 1.19 bits per heavy atom. The van der Waals surface area contributed by atoms with Crippen LogP contribution in [0.2, 0.25) is 0 Å². The fraction of sp³-hybridized carbons (Fsp3) is 0.957. The summed E-state index contributed by atoms with van der Waals surface area (Å²) in [6, 6.07) is 1.27. The van der Waals surface area contributed by atoms with Gasteiger partial charge in [-0.1, -0.05) is 0 Å². The summed E-state index contributed by atoms with van der Waals surface area (Å²) in [7, 11) is 4.40. The molecule has 0 spiro atoms. The molecule has 0 aromatic rings. The van der Waals surface area contributed by atoms with E-state index in [1.165, 1.54) is 44.4 Å². The maximum absolute atomic E-state index is 10.9. The molecule has 3 heterocycles. The Hall–Kier alpha value is -0.380. The van der Waals surface area contributed by atoms with Crippen LogP contribution in [-0.4, -0.2) is 94.7 Å². The number of nitrogens with zero attached hydrogens (tertiary/aromatic N) is 3. The smallest absolute Gasteiger partial charge is 0.107 e. The molecule has 0 bridgehead atoms. The highest BCUT2D eigenvalue weighted by molar-refractivity contribution is 8.00. The SMILES string of the molecule is CN(C)C1CCC(NC2=NCNC3SC4CCC(CC(O)N5CC[C@H](O)C5)[C@H]4C23)CC1. The van der Waals surface area contributed by atoms with Gasteiger partial charge < -0.3 is 20.4 Å². The highest BCUT2D eigenvalue weighted by atomic mass is 32.2. The zero-order chi connectivity index (χ0) is 21.5. The Bertz CT molecular complexity index is 656. The van der Waals surface area contributed by atoms with Gasteiger partial charge in [-0.2, -0.15) is 0 Å². The maximum atomic E-state index is 10.9. The van der Waals surface area contributed by atoms with Gasteiger partial charge in [0.1, 0.15) is 12.1 Å².